The molecule has 0 radical (unpaired) electrons. The number of hydrogen-bond donors (Lipinski definition) is 1. The molecule has 2 nitrogen and oxygen atoms in total. The van der Waals surface area contributed by atoms with E-state index in [2.05, 4.69) is 39.2 Å². The molecule has 0 bridgehead atoms. The van der Waals surface area contributed by atoms with Gasteiger partial charge in [0.05, 0.1) is 11.0 Å². The van der Waals surface area contributed by atoms with Gasteiger partial charge in [-0.15, -0.1) is 0 Å². The molecule has 80 valence electrons. The van der Waals surface area contributed by atoms with Gasteiger partial charge in [0.2, 0.25) is 0 Å². The molecule has 0 saturated heterocycles. The third-order valence-corrected chi connectivity index (χ3v) is 3.72. The summed E-state index contributed by atoms with van der Waals surface area (Å²) in [5, 5.41) is 4.42. The normalized spacial score (nSPS) is 19.6. The molecule has 0 aliphatic carbocycles. The zero-order chi connectivity index (χ0) is 11.0. The fourth-order valence-electron chi connectivity index (χ4n) is 1.71. The minimum Gasteiger partial charge on any atom is -0.338 e. The Bertz CT molecular complexity index is 599. The van der Waals surface area contributed by atoms with Crippen LogP contribution in [0.25, 0.3) is 16.6 Å². The number of H-pyrrole nitrogens is 1. The molecule has 1 aromatic carbocycles. The molecule has 1 N–H and O–H groups in total. The highest BCUT2D eigenvalue weighted by Crippen LogP contribution is 2.22. The second kappa shape index (κ2) is 3.76. The average Bonchev–Trinajstić information content (AvgIpc) is 2.73. The lowest BCUT2D eigenvalue weighted by Crippen LogP contribution is -1.87. The molecule has 1 aliphatic rings. The monoisotopic (exact) mass is 228 g/mol. The van der Waals surface area contributed by atoms with Gasteiger partial charge < -0.3 is 4.98 Å². The van der Waals surface area contributed by atoms with Gasteiger partial charge in [0.15, 0.2) is 0 Å². The number of fused-ring (bicyclic) bond motifs is 1. The zero-order valence-electron chi connectivity index (χ0n) is 8.97. The zero-order valence-corrected chi connectivity index (χ0v) is 9.79. The van der Waals surface area contributed by atoms with Crippen LogP contribution in [0.15, 0.2) is 41.8 Å². The summed E-state index contributed by atoms with van der Waals surface area (Å²) >= 11 is 0. The van der Waals surface area contributed by atoms with Crippen molar-refractivity contribution in [3.63, 3.8) is 0 Å². The predicted octanol–water partition coefficient (Wildman–Crippen LogP) is 3.17. The van der Waals surface area contributed by atoms with E-state index >= 15 is 0 Å². The first-order valence-electron chi connectivity index (χ1n) is 5.15. The lowest BCUT2D eigenvalue weighted by atomic mass is 10.2. The summed E-state index contributed by atoms with van der Waals surface area (Å²) < 4.78 is 0. The van der Waals surface area contributed by atoms with Gasteiger partial charge in [-0.05, 0) is 41.3 Å². The van der Waals surface area contributed by atoms with Gasteiger partial charge in [0.1, 0.15) is 5.82 Å². The molecular formula is C13H12N2S. The highest BCUT2D eigenvalue weighted by molar-refractivity contribution is 8.17. The summed E-state index contributed by atoms with van der Waals surface area (Å²) in [6, 6.07) is 8.10. The van der Waals surface area contributed by atoms with Crippen LogP contribution in [0.3, 0.4) is 0 Å². The minimum atomic E-state index is 0.274. The van der Waals surface area contributed by atoms with Gasteiger partial charge in [0, 0.05) is 5.57 Å². The number of benzene rings is 1. The molecule has 1 unspecified atom stereocenters. The van der Waals surface area contributed by atoms with Crippen molar-refractivity contribution in [3.8, 4) is 0 Å². The van der Waals surface area contributed by atoms with Gasteiger partial charge in [-0.2, -0.15) is 10.5 Å². The number of imidazole rings is 1. The number of allylic oxidation sites excluding steroid dienone is 3. The molecule has 0 amide bonds. The molecule has 0 fully saturated rings. The number of aromatic nitrogens is 2. The van der Waals surface area contributed by atoms with Crippen LogP contribution in [0.4, 0.5) is 0 Å². The largest absolute Gasteiger partial charge is 0.338 e. The van der Waals surface area contributed by atoms with Crippen molar-refractivity contribution >= 4 is 32.5 Å². The smallest absolute Gasteiger partial charge is 0.138 e. The van der Waals surface area contributed by atoms with Gasteiger partial charge >= 0.3 is 0 Å². The average molecular weight is 228 g/mol. The van der Waals surface area contributed by atoms with E-state index in [4.69, 9.17) is 0 Å². The minimum absolute atomic E-state index is 0.274. The molecule has 3 heteroatoms. The van der Waals surface area contributed by atoms with Crippen molar-refractivity contribution in [3.05, 3.63) is 47.6 Å². The molecule has 2 heterocycles. The fraction of sp³-hybridized carbons (Fsp3) is 0.0769. The maximum absolute atomic E-state index is 4.57. The third-order valence-electron chi connectivity index (χ3n) is 2.59. The summed E-state index contributed by atoms with van der Waals surface area (Å²) in [5.74, 6) is 0.949. The van der Waals surface area contributed by atoms with Crippen LogP contribution >= 0.6 is 10.5 Å². The van der Waals surface area contributed by atoms with E-state index in [-0.39, 0.29) is 10.5 Å². The first kappa shape index (κ1) is 9.60. The van der Waals surface area contributed by atoms with E-state index in [1.165, 1.54) is 0 Å². The molecule has 1 aliphatic heterocycles. The molecular weight excluding hydrogens is 216 g/mol. The Morgan fingerprint density at radius 1 is 1.25 bits per heavy atom. The standard InChI is InChI=1S/C13H12N2S/c1-16-8-6-10(7-9-16)13-14-11-4-2-3-5-12(11)15-13/h2-9H,1H3,(H,14,15). The van der Waals surface area contributed by atoms with Gasteiger partial charge in [-0.3, -0.25) is 0 Å². The topological polar surface area (TPSA) is 28.7 Å². The molecule has 2 aromatic rings. The molecule has 0 spiro atoms. The van der Waals surface area contributed by atoms with Gasteiger partial charge in [-0.1, -0.05) is 12.1 Å². The number of nitrogens with zero attached hydrogens (tertiary/aromatic N) is 1. The van der Waals surface area contributed by atoms with Crippen LogP contribution in [0.5, 0.6) is 0 Å². The second-order valence-corrected chi connectivity index (χ2v) is 5.53. The molecule has 1 atom stereocenters. The third kappa shape index (κ3) is 1.63. The van der Waals surface area contributed by atoms with E-state index < -0.39 is 0 Å². The summed E-state index contributed by atoms with van der Waals surface area (Å²) in [4.78, 5) is 7.90. The Hall–Kier alpha value is -1.61. The van der Waals surface area contributed by atoms with Crippen molar-refractivity contribution in [1.82, 2.24) is 9.97 Å². The van der Waals surface area contributed by atoms with Crippen LogP contribution in [0, 0.1) is 0 Å². The predicted molar refractivity (Wildman–Crippen MR) is 72.8 cm³/mol. The van der Waals surface area contributed by atoms with Gasteiger partial charge in [-0.25, -0.2) is 4.98 Å². The van der Waals surface area contributed by atoms with E-state index in [0.717, 1.165) is 22.4 Å². The molecule has 3 rings (SSSR count). The summed E-state index contributed by atoms with van der Waals surface area (Å²) in [6.07, 6.45) is 6.48. The quantitative estimate of drug-likeness (QED) is 0.746. The number of nitrogens with one attached hydrogen (secondary N) is 1. The lowest BCUT2D eigenvalue weighted by Gasteiger charge is -2.02. The summed E-state index contributed by atoms with van der Waals surface area (Å²) in [5.41, 5.74) is 3.27. The summed E-state index contributed by atoms with van der Waals surface area (Å²) in [6.45, 7) is 0. The molecule has 16 heavy (non-hydrogen) atoms. The van der Waals surface area contributed by atoms with E-state index in [1.807, 2.05) is 24.3 Å². The Morgan fingerprint density at radius 3 is 2.88 bits per heavy atom. The fourth-order valence-corrected chi connectivity index (χ4v) is 2.52. The Labute approximate surface area is 96.6 Å². The van der Waals surface area contributed by atoms with Crippen molar-refractivity contribution in [2.45, 2.75) is 0 Å². The van der Waals surface area contributed by atoms with Crippen molar-refractivity contribution in [1.29, 1.82) is 0 Å². The molecule has 1 aromatic heterocycles. The number of hydrogen-bond acceptors (Lipinski definition) is 1. The first-order valence-corrected chi connectivity index (χ1v) is 6.91. The SMILES string of the molecule is CS1=CC=C(c2nc3ccccc3[nH]2)C=C1. The molecule has 0 saturated carbocycles. The van der Waals surface area contributed by atoms with Crippen LogP contribution in [0.2, 0.25) is 0 Å². The van der Waals surface area contributed by atoms with Crippen LogP contribution in [-0.4, -0.2) is 21.6 Å². The Morgan fingerprint density at radius 2 is 2.12 bits per heavy atom. The second-order valence-electron chi connectivity index (χ2n) is 3.77. The lowest BCUT2D eigenvalue weighted by molar-refractivity contribution is 1.27. The number of rotatable bonds is 1. The van der Waals surface area contributed by atoms with Crippen LogP contribution in [-0.2, 0) is 0 Å². The van der Waals surface area contributed by atoms with Crippen molar-refractivity contribution in [2.75, 3.05) is 6.26 Å². The van der Waals surface area contributed by atoms with Crippen molar-refractivity contribution in [2.24, 2.45) is 0 Å². The van der Waals surface area contributed by atoms with Gasteiger partial charge in [0.25, 0.3) is 0 Å². The Balaban J connectivity index is 2.11. The first-order chi connectivity index (χ1) is 7.83. The maximum Gasteiger partial charge on any atom is 0.138 e. The number of aromatic amines is 1. The van der Waals surface area contributed by atoms with E-state index in [0.29, 0.717) is 0 Å². The van der Waals surface area contributed by atoms with Crippen LogP contribution in [0.1, 0.15) is 5.82 Å². The van der Waals surface area contributed by atoms with Crippen molar-refractivity contribution < 1.29 is 0 Å². The highest BCUT2D eigenvalue weighted by atomic mass is 32.2. The highest BCUT2D eigenvalue weighted by Gasteiger charge is 2.05. The summed E-state index contributed by atoms with van der Waals surface area (Å²) in [7, 11) is 0.274. The van der Waals surface area contributed by atoms with Crippen LogP contribution < -0.4 is 0 Å². The maximum atomic E-state index is 4.57. The Kier molecular flexibility index (Phi) is 2.26. The van der Waals surface area contributed by atoms with E-state index in [9.17, 15) is 0 Å². The van der Waals surface area contributed by atoms with E-state index in [1.54, 1.807) is 0 Å². The number of para-hydroxylation sites is 2.